The molecule has 32 heavy (non-hydrogen) atoms. The minimum Gasteiger partial charge on any atom is -0.323 e. The summed E-state index contributed by atoms with van der Waals surface area (Å²) in [6.07, 6.45) is 7.65. The van der Waals surface area contributed by atoms with Crippen LogP contribution in [0, 0.1) is 12.7 Å². The Hall–Kier alpha value is -2.93. The first-order valence-electron chi connectivity index (χ1n) is 10.9. The predicted molar refractivity (Wildman–Crippen MR) is 128 cm³/mol. The van der Waals surface area contributed by atoms with E-state index >= 15 is 0 Å². The van der Waals surface area contributed by atoms with Crippen LogP contribution in [0.4, 0.5) is 10.1 Å². The van der Waals surface area contributed by atoms with Crippen LogP contribution in [0.2, 0.25) is 0 Å². The summed E-state index contributed by atoms with van der Waals surface area (Å²) in [5.74, 6) is -0.785. The summed E-state index contributed by atoms with van der Waals surface area (Å²) in [4.78, 5) is 30.3. The van der Waals surface area contributed by atoms with Gasteiger partial charge in [-0.25, -0.2) is 9.37 Å². The van der Waals surface area contributed by atoms with Gasteiger partial charge in [0.05, 0.1) is 22.3 Å². The van der Waals surface area contributed by atoms with Crippen LogP contribution in [0.3, 0.4) is 0 Å². The maximum Gasteiger partial charge on any atom is 0.262 e. The van der Waals surface area contributed by atoms with Gasteiger partial charge in [0, 0.05) is 6.54 Å². The number of thioether (sulfide) groups is 1. The van der Waals surface area contributed by atoms with Crippen molar-refractivity contribution < 1.29 is 9.18 Å². The molecule has 1 amide bonds. The van der Waals surface area contributed by atoms with Gasteiger partial charge in [0.1, 0.15) is 5.82 Å². The number of benzene rings is 2. The summed E-state index contributed by atoms with van der Waals surface area (Å²) in [6, 6.07) is 11.9. The first-order valence-corrected chi connectivity index (χ1v) is 11.9. The zero-order valence-electron chi connectivity index (χ0n) is 18.1. The van der Waals surface area contributed by atoms with Crippen molar-refractivity contribution in [1.82, 2.24) is 9.55 Å². The first-order chi connectivity index (χ1) is 15.5. The largest absolute Gasteiger partial charge is 0.323 e. The Labute approximate surface area is 190 Å². The molecule has 3 aromatic rings. The van der Waals surface area contributed by atoms with Gasteiger partial charge in [0.15, 0.2) is 5.16 Å². The topological polar surface area (TPSA) is 64.0 Å². The summed E-state index contributed by atoms with van der Waals surface area (Å²) in [5.41, 5.74) is 2.82. The molecule has 166 valence electrons. The van der Waals surface area contributed by atoms with E-state index in [9.17, 15) is 14.0 Å². The lowest BCUT2D eigenvalue weighted by Crippen LogP contribution is -2.25. The third-order valence-corrected chi connectivity index (χ3v) is 6.58. The number of fused-ring (bicyclic) bond motifs is 1. The van der Waals surface area contributed by atoms with Crippen LogP contribution < -0.4 is 10.9 Å². The van der Waals surface area contributed by atoms with Crippen molar-refractivity contribution in [1.29, 1.82) is 0 Å². The zero-order chi connectivity index (χ0) is 22.5. The normalized spacial score (nSPS) is 13.8. The minimum absolute atomic E-state index is 0.0286. The van der Waals surface area contributed by atoms with E-state index in [0.717, 1.165) is 24.8 Å². The standard InChI is InChI=1S/C25H26FN3O2S/c1-17-11-12-22(20(26)15-17)27-23(30)16-32-25-28-21-10-6-5-9-19(21)24(31)29(25)14-13-18-7-3-2-4-8-18/h5-7,9-12,15H,2-4,8,13-14,16H2,1H3,(H,27,30). The van der Waals surface area contributed by atoms with E-state index in [1.54, 1.807) is 35.8 Å². The van der Waals surface area contributed by atoms with Gasteiger partial charge in [-0.05, 0) is 68.9 Å². The number of amides is 1. The average Bonchev–Trinajstić information content (AvgIpc) is 2.80. The Morgan fingerprint density at radius 3 is 2.84 bits per heavy atom. The van der Waals surface area contributed by atoms with Gasteiger partial charge in [0.25, 0.3) is 5.56 Å². The SMILES string of the molecule is Cc1ccc(NC(=O)CSc2nc3ccccc3c(=O)n2CCC2=CCCCC2)c(F)c1. The van der Waals surface area contributed by atoms with E-state index in [2.05, 4.69) is 16.4 Å². The number of nitrogens with one attached hydrogen (secondary N) is 1. The number of nitrogens with zero attached hydrogens (tertiary/aromatic N) is 2. The van der Waals surface area contributed by atoms with Crippen LogP contribution in [0.5, 0.6) is 0 Å². The lowest BCUT2D eigenvalue weighted by Gasteiger charge is -2.16. The van der Waals surface area contributed by atoms with Crippen LogP contribution >= 0.6 is 11.8 Å². The molecule has 5 nitrogen and oxygen atoms in total. The van der Waals surface area contributed by atoms with Crippen molar-refractivity contribution in [3.63, 3.8) is 0 Å². The first kappa shape index (κ1) is 22.3. The number of carbonyl (C=O) groups excluding carboxylic acids is 1. The van der Waals surface area contributed by atoms with Crippen LogP contribution in [0.25, 0.3) is 10.9 Å². The second kappa shape index (κ2) is 10.1. The second-order valence-electron chi connectivity index (χ2n) is 8.05. The number of allylic oxidation sites excluding steroid dienone is 2. The third kappa shape index (κ3) is 5.27. The van der Waals surface area contributed by atoms with Crippen LogP contribution in [-0.4, -0.2) is 21.2 Å². The van der Waals surface area contributed by atoms with Gasteiger partial charge in [-0.1, -0.05) is 41.6 Å². The van der Waals surface area contributed by atoms with Crippen LogP contribution in [0.1, 0.15) is 37.7 Å². The van der Waals surface area contributed by atoms with Crippen molar-refractivity contribution in [3.8, 4) is 0 Å². The van der Waals surface area contributed by atoms with Crippen molar-refractivity contribution in [2.45, 2.75) is 50.7 Å². The fourth-order valence-electron chi connectivity index (χ4n) is 3.88. The molecule has 7 heteroatoms. The molecule has 0 fully saturated rings. The number of rotatable bonds is 7. The van der Waals surface area contributed by atoms with E-state index in [4.69, 9.17) is 0 Å². The third-order valence-electron chi connectivity index (χ3n) is 5.60. The molecule has 1 aromatic heterocycles. The lowest BCUT2D eigenvalue weighted by atomic mass is 9.97. The number of halogens is 1. The molecule has 4 rings (SSSR count). The van der Waals surface area contributed by atoms with Gasteiger partial charge >= 0.3 is 0 Å². The Balaban J connectivity index is 1.54. The highest BCUT2D eigenvalue weighted by molar-refractivity contribution is 7.99. The second-order valence-corrected chi connectivity index (χ2v) is 8.99. The molecule has 1 aliphatic carbocycles. The number of para-hydroxylation sites is 1. The van der Waals surface area contributed by atoms with E-state index in [0.29, 0.717) is 22.6 Å². The molecule has 0 saturated carbocycles. The fourth-order valence-corrected chi connectivity index (χ4v) is 4.71. The van der Waals surface area contributed by atoms with E-state index in [-0.39, 0.29) is 22.9 Å². The number of aryl methyl sites for hydroxylation is 1. The van der Waals surface area contributed by atoms with Gasteiger partial charge in [-0.2, -0.15) is 0 Å². The van der Waals surface area contributed by atoms with E-state index in [1.807, 2.05) is 12.1 Å². The number of aromatic nitrogens is 2. The van der Waals surface area contributed by atoms with Crippen molar-refractivity contribution >= 4 is 34.3 Å². The molecule has 0 spiro atoms. The summed E-state index contributed by atoms with van der Waals surface area (Å²) >= 11 is 1.20. The molecular weight excluding hydrogens is 425 g/mol. The minimum atomic E-state index is -0.468. The Morgan fingerprint density at radius 2 is 2.06 bits per heavy atom. The molecule has 0 saturated heterocycles. The summed E-state index contributed by atoms with van der Waals surface area (Å²) < 4.78 is 15.7. The van der Waals surface area contributed by atoms with Crippen LogP contribution in [0.15, 0.2) is 64.1 Å². The summed E-state index contributed by atoms with van der Waals surface area (Å²) in [6.45, 7) is 2.32. The molecule has 0 unspecified atom stereocenters. The maximum atomic E-state index is 14.1. The van der Waals surface area contributed by atoms with Crippen molar-refractivity contribution in [3.05, 3.63) is 75.8 Å². The predicted octanol–water partition coefficient (Wildman–Crippen LogP) is 5.47. The average molecular weight is 452 g/mol. The quantitative estimate of drug-likeness (QED) is 0.294. The number of carbonyl (C=O) groups is 1. The van der Waals surface area contributed by atoms with E-state index in [1.165, 1.54) is 36.2 Å². The van der Waals surface area contributed by atoms with Gasteiger partial charge < -0.3 is 5.32 Å². The Bertz CT molecular complexity index is 1240. The van der Waals surface area contributed by atoms with Crippen LogP contribution in [-0.2, 0) is 11.3 Å². The van der Waals surface area contributed by atoms with Gasteiger partial charge in [-0.3, -0.25) is 14.2 Å². The van der Waals surface area contributed by atoms with Gasteiger partial charge in [0.2, 0.25) is 5.91 Å². The molecule has 0 aliphatic heterocycles. The lowest BCUT2D eigenvalue weighted by molar-refractivity contribution is -0.113. The Morgan fingerprint density at radius 1 is 1.22 bits per heavy atom. The molecule has 1 aliphatic rings. The van der Waals surface area contributed by atoms with Crippen molar-refractivity contribution in [2.75, 3.05) is 11.1 Å². The molecule has 1 N–H and O–H groups in total. The number of anilines is 1. The monoisotopic (exact) mass is 451 g/mol. The molecule has 2 aromatic carbocycles. The molecule has 1 heterocycles. The summed E-state index contributed by atoms with van der Waals surface area (Å²) in [5, 5.41) is 3.68. The summed E-state index contributed by atoms with van der Waals surface area (Å²) in [7, 11) is 0. The molecule has 0 bridgehead atoms. The molecule has 0 radical (unpaired) electrons. The maximum absolute atomic E-state index is 14.1. The highest BCUT2D eigenvalue weighted by atomic mass is 32.2. The zero-order valence-corrected chi connectivity index (χ0v) is 18.9. The highest BCUT2D eigenvalue weighted by Crippen LogP contribution is 2.23. The van der Waals surface area contributed by atoms with Gasteiger partial charge in [-0.15, -0.1) is 0 Å². The Kier molecular flexibility index (Phi) is 7.05. The molecule has 0 atom stereocenters. The fraction of sp³-hybridized carbons (Fsp3) is 0.320. The van der Waals surface area contributed by atoms with Crippen molar-refractivity contribution in [2.24, 2.45) is 0 Å². The smallest absolute Gasteiger partial charge is 0.262 e. The highest BCUT2D eigenvalue weighted by Gasteiger charge is 2.15. The number of hydrogen-bond donors (Lipinski definition) is 1. The molecular formula is C25H26FN3O2S. The number of hydrogen-bond acceptors (Lipinski definition) is 4. The van der Waals surface area contributed by atoms with E-state index < -0.39 is 5.82 Å².